The summed E-state index contributed by atoms with van der Waals surface area (Å²) in [6.07, 6.45) is 3.09. The summed E-state index contributed by atoms with van der Waals surface area (Å²) in [4.78, 5) is 77.0. The third kappa shape index (κ3) is 10.1. The van der Waals surface area contributed by atoms with Crippen LogP contribution in [0.2, 0.25) is 0 Å². The standard InChI is InChI=1S/C45H68O15/c1-26-12-14-32-42(3,24-46)16-10-18-44(32,5)30(26)22-59-37(41(54)57-9)29(21-35(49)50)39(52)60-25-43(4)17-11-19-45(6)31(27(2)13-15-33(43)45)23-58-36(40(53)56-8)28(20-34(47)48)38(51)55-7/h28-33,36-37,46H,1-2,10-25H2,3-9H3,(H,47,48)(H,49,50)/t28?,29?,30-,31-,32?,33?,36?,37?,42-,43-,44+,45+/m0/s1. The first-order valence-electron chi connectivity index (χ1n) is 21.2. The number of aliphatic carboxylic acids is 2. The van der Waals surface area contributed by atoms with E-state index in [9.17, 15) is 44.1 Å². The van der Waals surface area contributed by atoms with Crippen molar-refractivity contribution in [3.05, 3.63) is 24.3 Å². The zero-order valence-corrected chi connectivity index (χ0v) is 36.6. The number of fused-ring (bicyclic) bond motifs is 2. The summed E-state index contributed by atoms with van der Waals surface area (Å²) in [5.74, 6) is -9.69. The molecule has 0 spiro atoms. The van der Waals surface area contributed by atoms with Crippen LogP contribution in [0.5, 0.6) is 0 Å². The summed E-state index contributed by atoms with van der Waals surface area (Å²) < 4.78 is 33.2. The zero-order valence-electron chi connectivity index (χ0n) is 36.6. The number of rotatable bonds is 19. The van der Waals surface area contributed by atoms with E-state index in [4.69, 9.17) is 28.4 Å². The monoisotopic (exact) mass is 848 g/mol. The van der Waals surface area contributed by atoms with Gasteiger partial charge >= 0.3 is 35.8 Å². The first-order valence-corrected chi connectivity index (χ1v) is 21.2. The van der Waals surface area contributed by atoms with Crippen molar-refractivity contribution in [3.8, 4) is 0 Å². The second-order valence-corrected chi connectivity index (χ2v) is 18.9. The van der Waals surface area contributed by atoms with Gasteiger partial charge in [-0.1, -0.05) is 64.8 Å². The Kier molecular flexibility index (Phi) is 16.2. The first kappa shape index (κ1) is 48.8. The van der Waals surface area contributed by atoms with E-state index in [0.29, 0.717) is 19.3 Å². The molecule has 0 aromatic carbocycles. The van der Waals surface area contributed by atoms with Crippen LogP contribution in [0.25, 0.3) is 0 Å². The Labute approximate surface area is 353 Å². The van der Waals surface area contributed by atoms with Gasteiger partial charge in [0.15, 0.2) is 12.2 Å². The number of methoxy groups -OCH3 is 3. The van der Waals surface area contributed by atoms with Gasteiger partial charge in [-0.05, 0) is 79.4 Å². The SMILES string of the molecule is C=C1CCC2[C@](C)(COC(=O)C(CC(=O)O)C(OC[C@H]3C(=C)CCC4[C@](C)(CO)CCC[C@@]43C)C(=O)OC)CCC[C@]2(C)[C@H]1COC(C(=O)OC)C(CC(=O)O)C(=O)OC. The fourth-order valence-electron chi connectivity index (χ4n) is 12.0. The van der Waals surface area contributed by atoms with Crippen molar-refractivity contribution in [1.82, 2.24) is 0 Å². The van der Waals surface area contributed by atoms with E-state index in [1.807, 2.05) is 6.92 Å². The maximum atomic E-state index is 14.1. The van der Waals surface area contributed by atoms with Gasteiger partial charge in [0.1, 0.15) is 11.8 Å². The molecular formula is C45H68O15. The van der Waals surface area contributed by atoms with Crippen LogP contribution < -0.4 is 0 Å². The minimum atomic E-state index is -1.56. The van der Waals surface area contributed by atoms with Crippen LogP contribution in [0, 0.1) is 57.2 Å². The highest BCUT2D eigenvalue weighted by Gasteiger charge is 2.57. The molecule has 0 amide bonds. The Morgan fingerprint density at radius 3 is 1.43 bits per heavy atom. The minimum Gasteiger partial charge on any atom is -0.481 e. The van der Waals surface area contributed by atoms with Crippen molar-refractivity contribution < 1.29 is 72.5 Å². The van der Waals surface area contributed by atoms with Gasteiger partial charge in [-0.15, -0.1) is 0 Å². The number of hydrogen-bond acceptors (Lipinski definition) is 13. The topological polar surface area (TPSA) is 218 Å². The van der Waals surface area contributed by atoms with Crippen LogP contribution >= 0.6 is 0 Å². The molecule has 4 fully saturated rings. The number of esters is 4. The van der Waals surface area contributed by atoms with Gasteiger partial charge in [-0.3, -0.25) is 19.2 Å². The highest BCUT2D eigenvalue weighted by molar-refractivity contribution is 5.87. The number of hydrogen-bond donors (Lipinski definition) is 3. The summed E-state index contributed by atoms with van der Waals surface area (Å²) in [6.45, 7) is 17.0. The summed E-state index contributed by atoms with van der Waals surface area (Å²) in [7, 11) is 3.37. The Morgan fingerprint density at radius 2 is 1.03 bits per heavy atom. The molecule has 0 heterocycles. The first-order chi connectivity index (χ1) is 28.2. The molecule has 0 aliphatic heterocycles. The van der Waals surface area contributed by atoms with Gasteiger partial charge in [-0.2, -0.15) is 0 Å². The van der Waals surface area contributed by atoms with Gasteiger partial charge in [0.2, 0.25) is 0 Å². The van der Waals surface area contributed by atoms with Crippen molar-refractivity contribution in [3.63, 3.8) is 0 Å². The van der Waals surface area contributed by atoms with Crippen LogP contribution in [-0.2, 0) is 57.2 Å². The summed E-state index contributed by atoms with van der Waals surface area (Å²) >= 11 is 0. The lowest BCUT2D eigenvalue weighted by molar-refractivity contribution is -0.181. The van der Waals surface area contributed by atoms with Crippen LogP contribution in [0.4, 0.5) is 0 Å². The molecule has 4 aliphatic rings. The van der Waals surface area contributed by atoms with Crippen molar-refractivity contribution >= 4 is 35.8 Å². The van der Waals surface area contributed by atoms with Gasteiger partial charge in [-0.25, -0.2) is 9.59 Å². The molecule has 0 aromatic rings. The lowest BCUT2D eigenvalue weighted by atomic mass is 9.47. The molecule has 338 valence electrons. The van der Waals surface area contributed by atoms with E-state index < -0.39 is 83.5 Å². The molecule has 15 heteroatoms. The number of ether oxygens (including phenoxy) is 6. The van der Waals surface area contributed by atoms with Crippen molar-refractivity contribution in [2.24, 2.45) is 57.2 Å². The van der Waals surface area contributed by atoms with Gasteiger partial charge in [0.05, 0.1) is 54.0 Å². The van der Waals surface area contributed by atoms with Gasteiger partial charge in [0.25, 0.3) is 0 Å². The number of carboxylic acids is 2. The Hall–Kier alpha value is -3.82. The molecule has 4 saturated carbocycles. The second-order valence-electron chi connectivity index (χ2n) is 18.9. The average molecular weight is 849 g/mol. The quantitative estimate of drug-likeness (QED) is 0.0825. The van der Waals surface area contributed by atoms with Gasteiger partial charge < -0.3 is 43.7 Å². The molecule has 15 nitrogen and oxygen atoms in total. The Morgan fingerprint density at radius 1 is 0.633 bits per heavy atom. The van der Waals surface area contributed by atoms with Crippen LogP contribution in [0.3, 0.4) is 0 Å². The molecular weight excluding hydrogens is 780 g/mol. The number of carbonyl (C=O) groups excluding carboxylic acids is 4. The summed E-state index contributed by atoms with van der Waals surface area (Å²) in [5.41, 5.74) is 0.124. The maximum absolute atomic E-state index is 14.1. The van der Waals surface area contributed by atoms with E-state index in [1.165, 1.54) is 0 Å². The van der Waals surface area contributed by atoms with Crippen molar-refractivity contribution in [2.45, 2.75) is 117 Å². The molecule has 6 unspecified atom stereocenters. The second kappa shape index (κ2) is 19.9. The van der Waals surface area contributed by atoms with E-state index in [1.54, 1.807) is 0 Å². The Balaban J connectivity index is 1.55. The fraction of sp³-hybridized carbons (Fsp3) is 0.778. The van der Waals surface area contributed by atoms with Crippen LogP contribution in [0.1, 0.15) is 105 Å². The predicted octanol–water partition coefficient (Wildman–Crippen LogP) is 5.55. The van der Waals surface area contributed by atoms with E-state index in [0.717, 1.165) is 77.4 Å². The van der Waals surface area contributed by atoms with E-state index in [-0.39, 0.29) is 60.9 Å². The molecule has 60 heavy (non-hydrogen) atoms. The summed E-state index contributed by atoms with van der Waals surface area (Å²) in [6, 6.07) is 0. The number of aliphatic hydroxyl groups is 1. The largest absolute Gasteiger partial charge is 0.481 e. The minimum absolute atomic E-state index is 0.00944. The van der Waals surface area contributed by atoms with E-state index in [2.05, 4.69) is 33.9 Å². The number of aliphatic hydroxyl groups excluding tert-OH is 1. The molecule has 0 saturated heterocycles. The van der Waals surface area contributed by atoms with Crippen molar-refractivity contribution in [2.75, 3.05) is 47.8 Å². The third-order valence-corrected chi connectivity index (χ3v) is 15.3. The fourth-order valence-corrected chi connectivity index (χ4v) is 12.0. The molecule has 0 aromatic heterocycles. The normalized spacial score (nSPS) is 33.5. The molecule has 4 rings (SSSR count). The zero-order chi connectivity index (χ0) is 44.8. The predicted molar refractivity (Wildman–Crippen MR) is 216 cm³/mol. The lowest BCUT2D eigenvalue weighted by Gasteiger charge is -2.58. The maximum Gasteiger partial charge on any atom is 0.335 e. The highest BCUT2D eigenvalue weighted by atomic mass is 16.6. The van der Waals surface area contributed by atoms with Crippen molar-refractivity contribution in [1.29, 1.82) is 0 Å². The highest BCUT2D eigenvalue weighted by Crippen LogP contribution is 2.62. The third-order valence-electron chi connectivity index (χ3n) is 15.3. The Bertz CT molecular complexity index is 1640. The van der Waals surface area contributed by atoms with Crippen LogP contribution in [-0.4, -0.2) is 111 Å². The van der Waals surface area contributed by atoms with E-state index >= 15 is 0 Å². The molecule has 0 bridgehead atoms. The molecule has 12 atom stereocenters. The van der Waals surface area contributed by atoms with Crippen LogP contribution in [0.15, 0.2) is 24.3 Å². The number of carboxylic acid groups (broad SMARTS) is 2. The summed E-state index contributed by atoms with van der Waals surface area (Å²) in [5, 5.41) is 29.9. The molecule has 3 N–H and O–H groups in total. The lowest BCUT2D eigenvalue weighted by Crippen LogP contribution is -2.54. The molecule has 0 radical (unpaired) electrons. The van der Waals surface area contributed by atoms with Gasteiger partial charge in [0, 0.05) is 23.9 Å². The smallest absolute Gasteiger partial charge is 0.335 e. The number of carbonyl (C=O) groups is 6. The average Bonchev–Trinajstić information content (AvgIpc) is 3.19. The molecule has 4 aliphatic carbocycles.